The van der Waals surface area contributed by atoms with Gasteiger partial charge in [-0.1, -0.05) is 44.0 Å². The Morgan fingerprint density at radius 1 is 1.36 bits per heavy atom. The Labute approximate surface area is 99.8 Å². The molecule has 0 aliphatic rings. The van der Waals surface area contributed by atoms with Gasteiger partial charge in [0.05, 0.1) is 7.11 Å². The van der Waals surface area contributed by atoms with Crippen molar-refractivity contribution in [2.45, 2.75) is 36.9 Å². The second-order valence-electron chi connectivity index (χ2n) is 4.23. The van der Waals surface area contributed by atoms with Gasteiger partial charge in [-0.3, -0.25) is 0 Å². The van der Waals surface area contributed by atoms with Gasteiger partial charge in [-0.25, -0.2) is 4.79 Å². The van der Waals surface area contributed by atoms with Crippen molar-refractivity contribution in [3.63, 3.8) is 0 Å². The van der Waals surface area contributed by atoms with Crippen LogP contribution in [0.2, 0.25) is 0 Å². The van der Waals surface area contributed by atoms with Crippen LogP contribution in [-0.2, 0) is 9.53 Å². The maximum atomic E-state index is 11.2. The van der Waals surface area contributed by atoms with Gasteiger partial charge in [-0.2, -0.15) is 0 Å². The Morgan fingerprint density at radius 2 is 1.79 bits per heavy atom. The number of hydrogen-bond donors (Lipinski definition) is 0. The van der Waals surface area contributed by atoms with Crippen LogP contribution >= 0.6 is 34.8 Å². The van der Waals surface area contributed by atoms with Gasteiger partial charge in [0.1, 0.15) is 0 Å². The molecule has 2 nitrogen and oxygen atoms in total. The maximum absolute atomic E-state index is 11.2. The summed E-state index contributed by atoms with van der Waals surface area (Å²) in [5.41, 5.74) is -0.162. The van der Waals surface area contributed by atoms with E-state index in [-0.39, 0.29) is 17.2 Å². The summed E-state index contributed by atoms with van der Waals surface area (Å²) in [5, 5.41) is -0.295. The summed E-state index contributed by atoms with van der Waals surface area (Å²) < 4.78 is 2.91. The lowest BCUT2D eigenvalue weighted by Crippen LogP contribution is -2.34. The fourth-order valence-electron chi connectivity index (χ4n) is 0.764. The van der Waals surface area contributed by atoms with E-state index in [2.05, 4.69) is 4.74 Å². The summed E-state index contributed by atoms with van der Waals surface area (Å²) in [6.45, 7) is 5.85. The van der Waals surface area contributed by atoms with Crippen molar-refractivity contribution >= 4 is 40.8 Å². The third-order valence-corrected chi connectivity index (χ3v) is 3.29. The normalized spacial score (nSPS) is 15.1. The molecular formula is C9H15Cl3O2. The fraction of sp³-hybridized carbons (Fsp3) is 0.889. The highest BCUT2D eigenvalue weighted by Gasteiger charge is 2.40. The third kappa shape index (κ3) is 4.24. The molecule has 0 aliphatic heterocycles. The van der Waals surface area contributed by atoms with Gasteiger partial charge in [-0.15, -0.1) is 11.6 Å². The molecule has 5 heteroatoms. The van der Waals surface area contributed by atoms with Crippen molar-refractivity contribution in [1.29, 1.82) is 0 Å². The Kier molecular flexibility index (Phi) is 5.03. The average molecular weight is 262 g/mol. The summed E-state index contributed by atoms with van der Waals surface area (Å²) >= 11 is 17.7. The summed E-state index contributed by atoms with van der Waals surface area (Å²) in [7, 11) is 1.24. The summed E-state index contributed by atoms with van der Waals surface area (Å²) in [4.78, 5) is 11.2. The number of ether oxygens (including phenoxy) is 1. The van der Waals surface area contributed by atoms with E-state index in [0.717, 1.165) is 0 Å². The molecule has 0 aliphatic carbocycles. The van der Waals surface area contributed by atoms with Crippen LogP contribution in [0.15, 0.2) is 0 Å². The number of halogens is 3. The van der Waals surface area contributed by atoms with Crippen LogP contribution in [0.4, 0.5) is 0 Å². The zero-order valence-corrected chi connectivity index (χ0v) is 11.0. The lowest BCUT2D eigenvalue weighted by Gasteiger charge is -2.29. The van der Waals surface area contributed by atoms with Crippen LogP contribution in [0.3, 0.4) is 0 Å². The molecule has 0 N–H and O–H groups in total. The van der Waals surface area contributed by atoms with Crippen molar-refractivity contribution in [3.8, 4) is 0 Å². The van der Waals surface area contributed by atoms with Crippen LogP contribution in [-0.4, -0.2) is 22.8 Å². The first-order chi connectivity index (χ1) is 6.11. The zero-order chi connectivity index (χ0) is 11.6. The maximum Gasteiger partial charge on any atom is 0.342 e. The van der Waals surface area contributed by atoms with Crippen LogP contribution in [0.25, 0.3) is 0 Å². The van der Waals surface area contributed by atoms with Crippen LogP contribution in [0, 0.1) is 5.41 Å². The number of carbonyl (C=O) groups excluding carboxylic acids is 1. The van der Waals surface area contributed by atoms with Crippen LogP contribution in [0.1, 0.15) is 27.2 Å². The minimum Gasteiger partial charge on any atom is -0.467 e. The molecule has 0 fully saturated rings. The molecule has 0 radical (unpaired) electrons. The molecule has 1 unspecified atom stereocenters. The molecule has 0 saturated heterocycles. The second-order valence-corrected chi connectivity index (χ2v) is 6.24. The minimum absolute atomic E-state index is 0.161. The molecule has 0 rings (SSSR count). The number of methoxy groups -OCH3 is 1. The van der Waals surface area contributed by atoms with Crippen LogP contribution < -0.4 is 0 Å². The molecule has 0 aromatic rings. The molecular weight excluding hydrogens is 246 g/mol. The van der Waals surface area contributed by atoms with E-state index in [9.17, 15) is 4.79 Å². The Bertz CT molecular complexity index is 209. The first-order valence-corrected chi connectivity index (χ1v) is 5.41. The fourth-order valence-corrected chi connectivity index (χ4v) is 1.62. The number of esters is 1. The van der Waals surface area contributed by atoms with Gasteiger partial charge in [0.15, 0.2) is 0 Å². The molecule has 0 spiro atoms. The lowest BCUT2D eigenvalue weighted by atomic mass is 9.89. The van der Waals surface area contributed by atoms with Crippen molar-refractivity contribution < 1.29 is 9.53 Å². The Balaban J connectivity index is 4.44. The van der Waals surface area contributed by atoms with E-state index >= 15 is 0 Å². The predicted octanol–water partition coefficient (Wildman–Crippen LogP) is 3.38. The van der Waals surface area contributed by atoms with Crippen LogP contribution in [0.5, 0.6) is 0 Å². The first kappa shape index (κ1) is 14.3. The van der Waals surface area contributed by atoms with E-state index in [1.165, 1.54) is 7.11 Å². The topological polar surface area (TPSA) is 26.3 Å². The zero-order valence-electron chi connectivity index (χ0n) is 8.73. The molecule has 0 amide bonds. The second kappa shape index (κ2) is 4.91. The smallest absolute Gasteiger partial charge is 0.342 e. The van der Waals surface area contributed by atoms with E-state index in [4.69, 9.17) is 34.8 Å². The molecule has 0 aromatic carbocycles. The molecule has 0 bridgehead atoms. The highest BCUT2D eigenvalue weighted by molar-refractivity contribution is 6.57. The van der Waals surface area contributed by atoms with Gasteiger partial charge < -0.3 is 4.74 Å². The summed E-state index contributed by atoms with van der Waals surface area (Å²) in [6.07, 6.45) is 0.161. The molecule has 0 heterocycles. The predicted molar refractivity (Wildman–Crippen MR) is 60.2 cm³/mol. The molecule has 84 valence electrons. The van der Waals surface area contributed by atoms with Crippen molar-refractivity contribution in [1.82, 2.24) is 0 Å². The monoisotopic (exact) mass is 260 g/mol. The number of rotatable bonds is 3. The first-order valence-electron chi connectivity index (χ1n) is 4.21. The average Bonchev–Trinajstić information content (AvgIpc) is 2.00. The van der Waals surface area contributed by atoms with E-state index in [1.807, 2.05) is 20.8 Å². The van der Waals surface area contributed by atoms with Gasteiger partial charge in [0, 0.05) is 11.8 Å². The Morgan fingerprint density at radius 3 is 2.07 bits per heavy atom. The van der Waals surface area contributed by atoms with E-state index in [0.29, 0.717) is 0 Å². The van der Waals surface area contributed by atoms with Gasteiger partial charge in [-0.05, 0) is 5.41 Å². The SMILES string of the molecule is COC(=O)C(Cl)(Cl)CC(Cl)C(C)(C)C. The number of carbonyl (C=O) groups is 1. The molecule has 0 saturated carbocycles. The third-order valence-electron chi connectivity index (χ3n) is 1.86. The highest BCUT2D eigenvalue weighted by atomic mass is 35.5. The van der Waals surface area contributed by atoms with E-state index in [1.54, 1.807) is 0 Å². The van der Waals surface area contributed by atoms with Gasteiger partial charge in [0.2, 0.25) is 4.33 Å². The summed E-state index contributed by atoms with van der Waals surface area (Å²) in [6, 6.07) is 0. The van der Waals surface area contributed by atoms with Gasteiger partial charge >= 0.3 is 5.97 Å². The van der Waals surface area contributed by atoms with E-state index < -0.39 is 10.3 Å². The standard InChI is InChI=1S/C9H15Cl3O2/c1-8(2,3)6(10)5-9(11,12)7(13)14-4/h6H,5H2,1-4H3. The quantitative estimate of drug-likeness (QED) is 0.575. The number of alkyl halides is 3. The highest BCUT2D eigenvalue weighted by Crippen LogP contribution is 2.37. The molecule has 0 aromatic heterocycles. The molecule has 1 atom stereocenters. The minimum atomic E-state index is -1.56. The van der Waals surface area contributed by atoms with Gasteiger partial charge in [0.25, 0.3) is 0 Å². The molecule has 14 heavy (non-hydrogen) atoms. The van der Waals surface area contributed by atoms with Crippen molar-refractivity contribution in [2.24, 2.45) is 5.41 Å². The summed E-state index contributed by atoms with van der Waals surface area (Å²) in [5.74, 6) is -0.671. The largest absolute Gasteiger partial charge is 0.467 e. The van der Waals surface area contributed by atoms with Crippen molar-refractivity contribution in [2.75, 3.05) is 7.11 Å². The van der Waals surface area contributed by atoms with Crippen molar-refractivity contribution in [3.05, 3.63) is 0 Å². The lowest BCUT2D eigenvalue weighted by molar-refractivity contribution is -0.141. The number of hydrogen-bond acceptors (Lipinski definition) is 2. The Hall–Kier alpha value is 0.340.